The van der Waals surface area contributed by atoms with Crippen molar-refractivity contribution < 1.29 is 14.2 Å². The van der Waals surface area contributed by atoms with E-state index in [9.17, 15) is 9.50 Å². The summed E-state index contributed by atoms with van der Waals surface area (Å²) in [5.74, 6) is -0.0970. The molecule has 0 aliphatic heterocycles. The van der Waals surface area contributed by atoms with Gasteiger partial charge in [-0.2, -0.15) is 0 Å². The summed E-state index contributed by atoms with van der Waals surface area (Å²) in [7, 11) is 0. The van der Waals surface area contributed by atoms with Crippen molar-refractivity contribution in [2.75, 3.05) is 6.61 Å². The summed E-state index contributed by atoms with van der Waals surface area (Å²) in [4.78, 5) is 4.36. The van der Waals surface area contributed by atoms with Gasteiger partial charge in [0.15, 0.2) is 0 Å². The number of pyridine rings is 1. The highest BCUT2D eigenvalue weighted by Gasteiger charge is 2.08. The molecule has 1 unspecified atom stereocenters. The van der Waals surface area contributed by atoms with Crippen LogP contribution in [0.2, 0.25) is 0 Å². The minimum atomic E-state index is -0.290. The number of unbranched alkanes of at least 4 members (excludes halogenated alkanes) is 3. The summed E-state index contributed by atoms with van der Waals surface area (Å²) in [5.41, 5.74) is 1.90. The smallest absolute Gasteiger partial charge is 0.133 e. The van der Waals surface area contributed by atoms with Crippen LogP contribution in [0, 0.1) is 5.82 Å². The second-order valence-corrected chi connectivity index (χ2v) is 8.06. The highest BCUT2D eigenvalue weighted by Crippen LogP contribution is 2.27. The summed E-state index contributed by atoms with van der Waals surface area (Å²) in [5, 5.41) is 11.3. The Morgan fingerprint density at radius 2 is 1.94 bits per heavy atom. The Morgan fingerprint density at radius 1 is 1.06 bits per heavy atom. The van der Waals surface area contributed by atoms with E-state index in [0.717, 1.165) is 48.6 Å². The highest BCUT2D eigenvalue weighted by atomic mass is 19.1. The number of allylic oxidation sites excluding steroid dienone is 1. The molecule has 2 aromatic carbocycles. The Labute approximate surface area is 184 Å². The van der Waals surface area contributed by atoms with Gasteiger partial charge in [0.25, 0.3) is 0 Å². The molecule has 0 saturated carbocycles. The number of aromatic nitrogens is 1. The van der Waals surface area contributed by atoms with Crippen molar-refractivity contribution in [3.8, 4) is 17.0 Å². The number of ether oxygens (including phenoxy) is 1. The third kappa shape index (κ3) is 6.90. The van der Waals surface area contributed by atoms with Crippen LogP contribution >= 0.6 is 0 Å². The van der Waals surface area contributed by atoms with Crippen molar-refractivity contribution in [1.82, 2.24) is 4.98 Å². The van der Waals surface area contributed by atoms with Crippen molar-refractivity contribution in [2.24, 2.45) is 0 Å². The highest BCUT2D eigenvalue weighted by molar-refractivity contribution is 5.86. The summed E-state index contributed by atoms with van der Waals surface area (Å²) >= 11 is 0. The van der Waals surface area contributed by atoms with E-state index in [2.05, 4.69) is 24.9 Å². The largest absolute Gasteiger partial charge is 0.508 e. The van der Waals surface area contributed by atoms with E-state index >= 15 is 0 Å². The van der Waals surface area contributed by atoms with E-state index in [1.54, 1.807) is 30.5 Å². The molecule has 3 rings (SSSR count). The van der Waals surface area contributed by atoms with Crippen LogP contribution in [0.1, 0.15) is 57.9 Å². The number of nitrogens with zero attached hydrogens (tertiary/aromatic N) is 1. The number of halogens is 1. The fourth-order valence-corrected chi connectivity index (χ4v) is 3.58. The number of phenolic OH excluding ortho intramolecular Hbond substituents is 1. The molecule has 0 fully saturated rings. The van der Waals surface area contributed by atoms with Crippen LogP contribution in [-0.4, -0.2) is 22.8 Å². The zero-order valence-corrected chi connectivity index (χ0v) is 18.5. The van der Waals surface area contributed by atoms with Gasteiger partial charge in [0.1, 0.15) is 11.6 Å². The summed E-state index contributed by atoms with van der Waals surface area (Å²) in [6, 6.07) is 12.2. The maximum atomic E-state index is 14.7. The van der Waals surface area contributed by atoms with Crippen LogP contribution in [0.15, 0.2) is 54.7 Å². The SMILES string of the molecule is CCCCCOC(C)CCCC=Cc1ccc(-c2cc3ccc(O)cc3cn2)c(F)c1. The maximum absolute atomic E-state index is 14.7. The van der Waals surface area contributed by atoms with Gasteiger partial charge in [0, 0.05) is 23.8 Å². The zero-order valence-electron chi connectivity index (χ0n) is 18.5. The molecule has 3 nitrogen and oxygen atoms in total. The van der Waals surface area contributed by atoms with Gasteiger partial charge in [0.05, 0.1) is 11.8 Å². The minimum absolute atomic E-state index is 0.193. The Balaban J connectivity index is 1.53. The van der Waals surface area contributed by atoms with E-state index < -0.39 is 0 Å². The van der Waals surface area contributed by atoms with Crippen LogP contribution < -0.4 is 0 Å². The Bertz CT molecular complexity index is 1020. The molecular weight excluding hydrogens is 389 g/mol. The van der Waals surface area contributed by atoms with Crippen molar-refractivity contribution in [2.45, 2.75) is 58.5 Å². The van der Waals surface area contributed by atoms with Crippen LogP contribution in [-0.2, 0) is 4.74 Å². The van der Waals surface area contributed by atoms with Crippen molar-refractivity contribution in [3.63, 3.8) is 0 Å². The zero-order chi connectivity index (χ0) is 22.1. The molecule has 1 N–H and O–H groups in total. The predicted octanol–water partition coefficient (Wildman–Crippen LogP) is 7.53. The minimum Gasteiger partial charge on any atom is -0.508 e. The van der Waals surface area contributed by atoms with Crippen LogP contribution in [0.3, 0.4) is 0 Å². The fraction of sp³-hybridized carbons (Fsp3) is 0.370. The molecule has 0 spiro atoms. The van der Waals surface area contributed by atoms with Crippen molar-refractivity contribution in [1.29, 1.82) is 0 Å². The van der Waals surface area contributed by atoms with E-state index in [0.29, 0.717) is 17.4 Å². The Kier molecular flexibility index (Phi) is 8.60. The monoisotopic (exact) mass is 421 g/mol. The molecule has 0 saturated heterocycles. The van der Waals surface area contributed by atoms with E-state index in [4.69, 9.17) is 4.74 Å². The Morgan fingerprint density at radius 3 is 2.74 bits per heavy atom. The third-order valence-electron chi connectivity index (χ3n) is 5.42. The van der Waals surface area contributed by atoms with Crippen LogP contribution in [0.25, 0.3) is 28.1 Å². The van der Waals surface area contributed by atoms with Gasteiger partial charge in [0.2, 0.25) is 0 Å². The van der Waals surface area contributed by atoms with Crippen LogP contribution in [0.5, 0.6) is 5.75 Å². The molecule has 0 bridgehead atoms. The van der Waals surface area contributed by atoms with E-state index in [1.807, 2.05) is 24.3 Å². The summed E-state index contributed by atoms with van der Waals surface area (Å²) in [6.45, 7) is 5.18. The van der Waals surface area contributed by atoms with Gasteiger partial charge in [-0.25, -0.2) is 4.39 Å². The van der Waals surface area contributed by atoms with Crippen molar-refractivity contribution in [3.05, 3.63) is 66.1 Å². The van der Waals surface area contributed by atoms with Gasteiger partial charge in [-0.1, -0.05) is 44.1 Å². The maximum Gasteiger partial charge on any atom is 0.133 e. The molecule has 1 aromatic heterocycles. The lowest BCUT2D eigenvalue weighted by atomic mass is 10.0. The molecule has 0 aliphatic rings. The number of fused-ring (bicyclic) bond motifs is 1. The average Bonchev–Trinajstić information content (AvgIpc) is 2.76. The van der Waals surface area contributed by atoms with Gasteiger partial charge < -0.3 is 9.84 Å². The molecule has 4 heteroatoms. The predicted molar refractivity (Wildman–Crippen MR) is 127 cm³/mol. The van der Waals surface area contributed by atoms with Gasteiger partial charge >= 0.3 is 0 Å². The quantitative estimate of drug-likeness (QED) is 0.325. The lowest BCUT2D eigenvalue weighted by Gasteiger charge is -2.12. The number of benzene rings is 2. The molecule has 1 heterocycles. The first-order valence-corrected chi connectivity index (χ1v) is 11.2. The van der Waals surface area contributed by atoms with Gasteiger partial charge in [-0.3, -0.25) is 4.98 Å². The second kappa shape index (κ2) is 11.6. The van der Waals surface area contributed by atoms with Crippen LogP contribution in [0.4, 0.5) is 4.39 Å². The van der Waals surface area contributed by atoms with Gasteiger partial charge in [-0.15, -0.1) is 0 Å². The second-order valence-electron chi connectivity index (χ2n) is 8.06. The first kappa shape index (κ1) is 23.0. The van der Waals surface area contributed by atoms with E-state index in [-0.39, 0.29) is 11.6 Å². The molecule has 31 heavy (non-hydrogen) atoms. The number of aromatic hydroxyl groups is 1. The molecule has 0 aliphatic carbocycles. The molecule has 3 aromatic rings. The molecule has 0 radical (unpaired) electrons. The molecule has 0 amide bonds. The molecular formula is C27H32FNO2. The molecule has 164 valence electrons. The Hall–Kier alpha value is -2.72. The first-order chi connectivity index (χ1) is 15.1. The standard InChI is InChI=1S/C27H32FNO2/c1-3-4-8-15-31-20(2)9-6-5-7-10-21-11-14-25(26(28)16-21)27-18-22-12-13-24(30)17-23(22)19-29-27/h7,10-14,16-20,30H,3-6,8-9,15H2,1-2H3. The average molecular weight is 422 g/mol. The summed E-state index contributed by atoms with van der Waals surface area (Å²) in [6.07, 6.45) is 12.6. The molecule has 1 atom stereocenters. The number of phenols is 1. The lowest BCUT2D eigenvalue weighted by molar-refractivity contribution is 0.0566. The summed E-state index contributed by atoms with van der Waals surface area (Å²) < 4.78 is 20.5. The number of rotatable bonds is 11. The third-order valence-corrected chi connectivity index (χ3v) is 5.42. The first-order valence-electron chi connectivity index (χ1n) is 11.2. The van der Waals surface area contributed by atoms with Gasteiger partial charge in [-0.05, 0) is 73.9 Å². The fourth-order valence-electron chi connectivity index (χ4n) is 3.58. The lowest BCUT2D eigenvalue weighted by Crippen LogP contribution is -2.08. The number of hydrogen-bond acceptors (Lipinski definition) is 3. The topological polar surface area (TPSA) is 42.4 Å². The van der Waals surface area contributed by atoms with Crippen molar-refractivity contribution >= 4 is 16.8 Å². The normalized spacial score (nSPS) is 12.6. The number of hydrogen-bond donors (Lipinski definition) is 1. The van der Waals surface area contributed by atoms with E-state index in [1.165, 1.54) is 12.8 Å².